The molecule has 4 heteroatoms. The smallest absolute Gasteiger partial charge is 0.127 e. The van der Waals surface area contributed by atoms with E-state index < -0.39 is 0 Å². The second kappa shape index (κ2) is 8.02. The molecule has 1 atom stereocenters. The molecule has 0 spiro atoms. The highest BCUT2D eigenvalue weighted by Crippen LogP contribution is 2.24. The Hall–Kier alpha value is -1.26. The van der Waals surface area contributed by atoms with E-state index in [9.17, 15) is 0 Å². The Bertz CT molecular complexity index is 380. The number of hydrogen-bond donors (Lipinski definition) is 2. The maximum Gasteiger partial charge on any atom is 0.127 e. The predicted octanol–water partition coefficient (Wildman–Crippen LogP) is 2.20. The van der Waals surface area contributed by atoms with Crippen LogP contribution in [0.4, 0.5) is 0 Å². The van der Waals surface area contributed by atoms with Gasteiger partial charge in [-0.15, -0.1) is 0 Å². The van der Waals surface area contributed by atoms with Crippen LogP contribution in [0.2, 0.25) is 0 Å². The summed E-state index contributed by atoms with van der Waals surface area (Å²) in [7, 11) is 3.30. The molecule has 0 fully saturated rings. The molecule has 0 aliphatic carbocycles. The van der Waals surface area contributed by atoms with Crippen LogP contribution in [-0.4, -0.2) is 32.0 Å². The van der Waals surface area contributed by atoms with Crippen LogP contribution in [0.5, 0.6) is 11.5 Å². The summed E-state index contributed by atoms with van der Waals surface area (Å²) in [6, 6.07) is 6.11. The fourth-order valence-corrected chi connectivity index (χ4v) is 2.05. The number of hydrogen-bond acceptors (Lipinski definition) is 4. The van der Waals surface area contributed by atoms with Gasteiger partial charge in [0.2, 0.25) is 0 Å². The Balaban J connectivity index is 2.70. The monoisotopic (exact) mass is 267 g/mol. The van der Waals surface area contributed by atoms with Crippen molar-refractivity contribution in [1.29, 1.82) is 0 Å². The summed E-state index contributed by atoms with van der Waals surface area (Å²) in [5, 5.41) is 12.5. The van der Waals surface area contributed by atoms with E-state index in [0.29, 0.717) is 12.0 Å². The first-order valence-corrected chi connectivity index (χ1v) is 6.67. The van der Waals surface area contributed by atoms with Crippen molar-refractivity contribution in [3.05, 3.63) is 23.8 Å². The molecule has 0 aliphatic heterocycles. The third-order valence-electron chi connectivity index (χ3n) is 3.29. The van der Waals surface area contributed by atoms with Gasteiger partial charge in [-0.1, -0.05) is 19.9 Å². The maximum atomic E-state index is 9.07. The molecule has 1 aromatic rings. The lowest BCUT2D eigenvalue weighted by atomic mass is 10.0. The quantitative estimate of drug-likeness (QED) is 0.758. The second-order valence-corrected chi connectivity index (χ2v) is 4.92. The number of benzene rings is 1. The van der Waals surface area contributed by atoms with Gasteiger partial charge in [0.05, 0.1) is 14.2 Å². The highest BCUT2D eigenvalue weighted by Gasteiger charge is 2.13. The van der Waals surface area contributed by atoms with Crippen molar-refractivity contribution in [3.8, 4) is 11.5 Å². The van der Waals surface area contributed by atoms with Crippen LogP contribution in [0.1, 0.15) is 25.8 Å². The molecule has 0 heterocycles. The number of methoxy groups -OCH3 is 2. The highest BCUT2D eigenvalue weighted by atomic mass is 16.5. The zero-order valence-corrected chi connectivity index (χ0v) is 12.3. The lowest BCUT2D eigenvalue weighted by Crippen LogP contribution is -2.34. The maximum absolute atomic E-state index is 9.07. The largest absolute Gasteiger partial charge is 0.497 e. The molecule has 0 aromatic heterocycles. The molecule has 0 aliphatic rings. The molecule has 19 heavy (non-hydrogen) atoms. The van der Waals surface area contributed by atoms with Crippen LogP contribution in [-0.2, 0) is 6.54 Å². The van der Waals surface area contributed by atoms with Gasteiger partial charge in [-0.3, -0.25) is 0 Å². The van der Waals surface area contributed by atoms with E-state index >= 15 is 0 Å². The summed E-state index contributed by atoms with van der Waals surface area (Å²) < 4.78 is 10.6. The summed E-state index contributed by atoms with van der Waals surface area (Å²) in [5.41, 5.74) is 1.09. The Morgan fingerprint density at radius 1 is 1.21 bits per heavy atom. The van der Waals surface area contributed by atoms with Crippen molar-refractivity contribution in [3.63, 3.8) is 0 Å². The van der Waals surface area contributed by atoms with E-state index in [0.717, 1.165) is 30.0 Å². The molecule has 0 radical (unpaired) electrons. The van der Waals surface area contributed by atoms with Gasteiger partial charge in [-0.05, 0) is 18.4 Å². The molecule has 0 bridgehead atoms. The molecule has 1 aromatic carbocycles. The normalized spacial score (nSPS) is 12.5. The van der Waals surface area contributed by atoms with E-state index in [4.69, 9.17) is 14.6 Å². The molecular weight excluding hydrogens is 242 g/mol. The summed E-state index contributed by atoms with van der Waals surface area (Å²) in [5.74, 6) is 2.09. The van der Waals surface area contributed by atoms with Crippen LogP contribution in [0.15, 0.2) is 18.2 Å². The summed E-state index contributed by atoms with van der Waals surface area (Å²) in [6.07, 6.45) is 0.760. The van der Waals surface area contributed by atoms with Gasteiger partial charge >= 0.3 is 0 Å². The minimum absolute atomic E-state index is 0.204. The molecular formula is C15H25NO3. The van der Waals surface area contributed by atoms with E-state index in [2.05, 4.69) is 19.2 Å². The Morgan fingerprint density at radius 2 is 1.95 bits per heavy atom. The van der Waals surface area contributed by atoms with Gasteiger partial charge in [0.1, 0.15) is 11.5 Å². The average Bonchev–Trinajstić information content (AvgIpc) is 2.42. The third kappa shape index (κ3) is 4.73. The zero-order valence-electron chi connectivity index (χ0n) is 12.3. The van der Waals surface area contributed by atoms with E-state index in [1.165, 1.54) is 0 Å². The molecule has 108 valence electrons. The van der Waals surface area contributed by atoms with Crippen molar-refractivity contribution >= 4 is 0 Å². The van der Waals surface area contributed by atoms with Gasteiger partial charge in [0.25, 0.3) is 0 Å². The van der Waals surface area contributed by atoms with Crippen molar-refractivity contribution in [1.82, 2.24) is 5.32 Å². The molecule has 0 saturated carbocycles. The highest BCUT2D eigenvalue weighted by molar-refractivity contribution is 5.40. The SMILES string of the molecule is COc1ccc(CNC(CCO)C(C)C)c(OC)c1. The Kier molecular flexibility index (Phi) is 6.67. The zero-order chi connectivity index (χ0) is 14.3. The van der Waals surface area contributed by atoms with Crippen LogP contribution in [0, 0.1) is 5.92 Å². The topological polar surface area (TPSA) is 50.7 Å². The molecule has 4 nitrogen and oxygen atoms in total. The lowest BCUT2D eigenvalue weighted by Gasteiger charge is -2.22. The molecule has 1 rings (SSSR count). The fourth-order valence-electron chi connectivity index (χ4n) is 2.05. The summed E-state index contributed by atoms with van der Waals surface area (Å²) >= 11 is 0. The van der Waals surface area contributed by atoms with Gasteiger partial charge in [-0.2, -0.15) is 0 Å². The summed E-state index contributed by atoms with van der Waals surface area (Å²) in [6.45, 7) is 5.22. The van der Waals surface area contributed by atoms with Gasteiger partial charge in [0, 0.05) is 30.8 Å². The standard InChI is InChI=1S/C15H25NO3/c1-11(2)14(7-8-17)16-10-12-5-6-13(18-3)9-15(12)19-4/h5-6,9,11,14,16-17H,7-8,10H2,1-4H3. The van der Waals surface area contributed by atoms with Crippen molar-refractivity contribution < 1.29 is 14.6 Å². The first-order valence-electron chi connectivity index (χ1n) is 6.67. The van der Waals surface area contributed by atoms with Gasteiger partial charge in [-0.25, -0.2) is 0 Å². The van der Waals surface area contributed by atoms with E-state index in [-0.39, 0.29) is 6.61 Å². The van der Waals surface area contributed by atoms with Crippen molar-refractivity contribution in [2.75, 3.05) is 20.8 Å². The minimum atomic E-state index is 0.204. The first kappa shape index (κ1) is 15.8. The lowest BCUT2D eigenvalue weighted by molar-refractivity contribution is 0.243. The number of nitrogens with one attached hydrogen (secondary N) is 1. The molecule has 1 unspecified atom stereocenters. The average molecular weight is 267 g/mol. The number of aliphatic hydroxyl groups is 1. The van der Waals surface area contributed by atoms with Crippen LogP contribution < -0.4 is 14.8 Å². The number of ether oxygens (including phenoxy) is 2. The first-order chi connectivity index (χ1) is 9.12. The van der Waals surface area contributed by atoms with Crippen LogP contribution >= 0.6 is 0 Å². The van der Waals surface area contributed by atoms with Crippen molar-refractivity contribution in [2.24, 2.45) is 5.92 Å². The molecule has 0 saturated heterocycles. The van der Waals surface area contributed by atoms with Gasteiger partial charge in [0.15, 0.2) is 0 Å². The van der Waals surface area contributed by atoms with E-state index in [1.807, 2.05) is 18.2 Å². The fraction of sp³-hybridized carbons (Fsp3) is 0.600. The number of rotatable bonds is 8. The molecule has 2 N–H and O–H groups in total. The Morgan fingerprint density at radius 3 is 2.47 bits per heavy atom. The minimum Gasteiger partial charge on any atom is -0.497 e. The van der Waals surface area contributed by atoms with Crippen LogP contribution in [0.3, 0.4) is 0 Å². The van der Waals surface area contributed by atoms with Gasteiger partial charge < -0.3 is 19.9 Å². The third-order valence-corrected chi connectivity index (χ3v) is 3.29. The number of aliphatic hydroxyl groups excluding tert-OH is 1. The summed E-state index contributed by atoms with van der Waals surface area (Å²) in [4.78, 5) is 0. The van der Waals surface area contributed by atoms with E-state index in [1.54, 1.807) is 14.2 Å². The second-order valence-electron chi connectivity index (χ2n) is 4.92. The van der Waals surface area contributed by atoms with Crippen molar-refractivity contribution in [2.45, 2.75) is 32.9 Å². The van der Waals surface area contributed by atoms with Crippen LogP contribution in [0.25, 0.3) is 0 Å². The Labute approximate surface area is 115 Å². The molecule has 0 amide bonds. The predicted molar refractivity (Wildman–Crippen MR) is 76.7 cm³/mol.